The number of hydrogen-bond acceptors (Lipinski definition) is 2. The number of nitrogens with one attached hydrogen (secondary N) is 1. The zero-order chi connectivity index (χ0) is 14.8. The van der Waals surface area contributed by atoms with Crippen molar-refractivity contribution in [2.45, 2.75) is 12.5 Å². The summed E-state index contributed by atoms with van der Waals surface area (Å²) < 4.78 is 6.43. The van der Waals surface area contributed by atoms with Crippen molar-refractivity contribution in [3.63, 3.8) is 0 Å². The molecule has 3 nitrogen and oxygen atoms in total. The summed E-state index contributed by atoms with van der Waals surface area (Å²) in [5.41, 5.74) is 2.75. The van der Waals surface area contributed by atoms with Crippen molar-refractivity contribution in [1.29, 1.82) is 0 Å². The van der Waals surface area contributed by atoms with Gasteiger partial charge in [-0.3, -0.25) is 4.79 Å². The molecule has 0 saturated heterocycles. The van der Waals surface area contributed by atoms with Crippen LogP contribution in [0.2, 0.25) is 5.02 Å². The van der Waals surface area contributed by atoms with Gasteiger partial charge in [0.15, 0.2) is 6.10 Å². The van der Waals surface area contributed by atoms with Gasteiger partial charge in [0.05, 0.1) is 11.6 Å². The Morgan fingerprint density at radius 2 is 2.10 bits per heavy atom. The Morgan fingerprint density at radius 1 is 1.29 bits per heavy atom. The van der Waals surface area contributed by atoms with E-state index in [1.807, 2.05) is 24.3 Å². The number of benzene rings is 2. The topological polar surface area (TPSA) is 38.3 Å². The lowest BCUT2D eigenvalue weighted by Crippen LogP contribution is -2.28. The van der Waals surface area contributed by atoms with E-state index >= 15 is 0 Å². The first-order valence-corrected chi connectivity index (χ1v) is 7.77. The van der Waals surface area contributed by atoms with Crippen LogP contribution in [-0.4, -0.2) is 12.5 Å². The highest BCUT2D eigenvalue weighted by Crippen LogP contribution is 2.29. The summed E-state index contributed by atoms with van der Waals surface area (Å²) in [7, 11) is 0. The molecule has 0 aromatic heterocycles. The van der Waals surface area contributed by atoms with Gasteiger partial charge in [0.1, 0.15) is 0 Å². The molecule has 2 aromatic rings. The highest BCUT2D eigenvalue weighted by atomic mass is 79.9. The van der Waals surface area contributed by atoms with E-state index in [9.17, 15) is 4.79 Å². The molecule has 5 heteroatoms. The summed E-state index contributed by atoms with van der Waals surface area (Å²) in [5, 5.41) is 3.40. The fourth-order valence-corrected chi connectivity index (χ4v) is 2.82. The van der Waals surface area contributed by atoms with Gasteiger partial charge in [0, 0.05) is 10.2 Å². The van der Waals surface area contributed by atoms with Crippen LogP contribution in [0.1, 0.15) is 17.2 Å². The first-order chi connectivity index (χ1) is 10.1. The Bertz CT molecular complexity index is 690. The molecule has 3 rings (SSSR count). The highest BCUT2D eigenvalue weighted by molar-refractivity contribution is 9.10. The molecule has 1 aliphatic heterocycles. The second-order valence-corrected chi connectivity index (χ2v) is 6.08. The molecule has 0 bridgehead atoms. The van der Waals surface area contributed by atoms with Crippen LogP contribution in [0.25, 0.3) is 0 Å². The van der Waals surface area contributed by atoms with Crippen molar-refractivity contribution in [3.05, 3.63) is 63.1 Å². The zero-order valence-electron chi connectivity index (χ0n) is 11.1. The van der Waals surface area contributed by atoms with E-state index in [-0.39, 0.29) is 5.91 Å². The number of ether oxygens (including phenoxy) is 1. The Morgan fingerprint density at radius 3 is 2.90 bits per heavy atom. The molecule has 0 spiro atoms. The fraction of sp³-hybridized carbons (Fsp3) is 0.188. The molecule has 1 aliphatic rings. The van der Waals surface area contributed by atoms with Crippen molar-refractivity contribution < 1.29 is 9.53 Å². The molecular formula is C16H13BrClNO2. The average Bonchev–Trinajstić information content (AvgIpc) is 2.50. The van der Waals surface area contributed by atoms with Crippen LogP contribution < -0.4 is 5.32 Å². The predicted molar refractivity (Wildman–Crippen MR) is 86.6 cm³/mol. The number of carbonyl (C=O) groups is 1. The maximum absolute atomic E-state index is 12.4. The third kappa shape index (κ3) is 3.12. The third-order valence-electron chi connectivity index (χ3n) is 3.42. The van der Waals surface area contributed by atoms with E-state index < -0.39 is 6.10 Å². The summed E-state index contributed by atoms with van der Waals surface area (Å²) >= 11 is 9.36. The fourth-order valence-electron chi connectivity index (χ4n) is 2.39. The van der Waals surface area contributed by atoms with Gasteiger partial charge >= 0.3 is 0 Å². The zero-order valence-corrected chi connectivity index (χ0v) is 13.4. The Balaban J connectivity index is 1.81. The number of amides is 1. The highest BCUT2D eigenvalue weighted by Gasteiger charge is 2.27. The van der Waals surface area contributed by atoms with Gasteiger partial charge in [-0.2, -0.15) is 0 Å². The lowest BCUT2D eigenvalue weighted by molar-refractivity contribution is -0.128. The summed E-state index contributed by atoms with van der Waals surface area (Å²) in [4.78, 5) is 12.4. The predicted octanol–water partition coefficient (Wildman–Crippen LogP) is 4.36. The second-order valence-electron chi connectivity index (χ2n) is 4.82. The first-order valence-electron chi connectivity index (χ1n) is 6.60. The van der Waals surface area contributed by atoms with Crippen LogP contribution in [0.3, 0.4) is 0 Å². The summed E-state index contributed by atoms with van der Waals surface area (Å²) in [6.07, 6.45) is 0.265. The van der Waals surface area contributed by atoms with Gasteiger partial charge in [-0.25, -0.2) is 0 Å². The number of anilines is 1. The minimum absolute atomic E-state index is 0.180. The SMILES string of the molecule is O=C(Nc1ccc(Br)c(Cl)c1)C1OCCc2ccccc21. The lowest BCUT2D eigenvalue weighted by atomic mass is 9.97. The van der Waals surface area contributed by atoms with Gasteiger partial charge in [-0.15, -0.1) is 0 Å². The van der Waals surface area contributed by atoms with Crippen molar-refractivity contribution >= 4 is 39.1 Å². The van der Waals surface area contributed by atoms with E-state index in [2.05, 4.69) is 21.2 Å². The van der Waals surface area contributed by atoms with Crippen LogP contribution in [0.5, 0.6) is 0 Å². The maximum atomic E-state index is 12.4. The monoisotopic (exact) mass is 365 g/mol. The summed E-state index contributed by atoms with van der Waals surface area (Å²) in [6, 6.07) is 13.2. The van der Waals surface area contributed by atoms with Crippen LogP contribution in [-0.2, 0) is 16.0 Å². The van der Waals surface area contributed by atoms with Crippen LogP contribution in [0.4, 0.5) is 5.69 Å². The standard InChI is InChI=1S/C16H13BrClNO2/c17-13-6-5-11(9-14(13)18)19-16(20)15-12-4-2-1-3-10(12)7-8-21-15/h1-6,9,15H,7-8H2,(H,19,20). The summed E-state index contributed by atoms with van der Waals surface area (Å²) in [6.45, 7) is 0.552. The minimum Gasteiger partial charge on any atom is -0.363 e. The van der Waals surface area contributed by atoms with Gasteiger partial charge in [-0.05, 0) is 51.7 Å². The third-order valence-corrected chi connectivity index (χ3v) is 4.65. The van der Waals surface area contributed by atoms with E-state index in [0.717, 1.165) is 22.0 Å². The van der Waals surface area contributed by atoms with Crippen molar-refractivity contribution in [2.75, 3.05) is 11.9 Å². The number of hydrogen-bond donors (Lipinski definition) is 1. The Labute approximate surface area is 136 Å². The van der Waals surface area contributed by atoms with Crippen molar-refractivity contribution in [3.8, 4) is 0 Å². The van der Waals surface area contributed by atoms with Crippen molar-refractivity contribution in [1.82, 2.24) is 0 Å². The summed E-state index contributed by atoms with van der Waals surface area (Å²) in [5.74, 6) is -0.180. The molecular weight excluding hydrogens is 354 g/mol. The molecule has 2 aromatic carbocycles. The van der Waals surface area contributed by atoms with E-state index in [1.165, 1.54) is 0 Å². The van der Waals surface area contributed by atoms with Gasteiger partial charge in [-0.1, -0.05) is 35.9 Å². The molecule has 0 saturated carbocycles. The maximum Gasteiger partial charge on any atom is 0.258 e. The van der Waals surface area contributed by atoms with Crippen LogP contribution >= 0.6 is 27.5 Å². The van der Waals surface area contributed by atoms with E-state index in [0.29, 0.717) is 17.3 Å². The van der Waals surface area contributed by atoms with Crippen LogP contribution in [0, 0.1) is 0 Å². The molecule has 1 N–H and O–H groups in total. The number of carbonyl (C=O) groups excluding carboxylic acids is 1. The first kappa shape index (κ1) is 14.6. The average molecular weight is 367 g/mol. The lowest BCUT2D eigenvalue weighted by Gasteiger charge is -2.25. The molecule has 0 aliphatic carbocycles. The van der Waals surface area contributed by atoms with Gasteiger partial charge in [0.2, 0.25) is 0 Å². The molecule has 1 heterocycles. The molecule has 1 atom stereocenters. The molecule has 0 radical (unpaired) electrons. The molecule has 1 amide bonds. The number of rotatable bonds is 2. The van der Waals surface area contributed by atoms with Crippen molar-refractivity contribution in [2.24, 2.45) is 0 Å². The minimum atomic E-state index is -0.572. The molecule has 1 unspecified atom stereocenters. The van der Waals surface area contributed by atoms with Gasteiger partial charge < -0.3 is 10.1 Å². The normalized spacial score (nSPS) is 17.1. The largest absolute Gasteiger partial charge is 0.363 e. The Kier molecular flexibility index (Phi) is 4.29. The quantitative estimate of drug-likeness (QED) is 0.858. The van der Waals surface area contributed by atoms with Gasteiger partial charge in [0.25, 0.3) is 5.91 Å². The number of halogens is 2. The molecule has 21 heavy (non-hydrogen) atoms. The molecule has 108 valence electrons. The smallest absolute Gasteiger partial charge is 0.258 e. The molecule has 0 fully saturated rings. The second kappa shape index (κ2) is 6.18. The van der Waals surface area contributed by atoms with Crippen LogP contribution in [0.15, 0.2) is 46.9 Å². The number of fused-ring (bicyclic) bond motifs is 1. The van der Waals surface area contributed by atoms with E-state index in [4.69, 9.17) is 16.3 Å². The Hall–Kier alpha value is -1.36. The van der Waals surface area contributed by atoms with E-state index in [1.54, 1.807) is 18.2 Å².